The molecule has 1 atom stereocenters. The molecule has 0 saturated heterocycles. The third kappa shape index (κ3) is 4.88. The number of amides is 2. The van der Waals surface area contributed by atoms with Gasteiger partial charge < -0.3 is 19.9 Å². The summed E-state index contributed by atoms with van der Waals surface area (Å²) in [6.45, 7) is 1.48. The van der Waals surface area contributed by atoms with Crippen LogP contribution in [0.2, 0.25) is 0 Å². The summed E-state index contributed by atoms with van der Waals surface area (Å²) in [5.41, 5.74) is 6.01. The summed E-state index contributed by atoms with van der Waals surface area (Å²) in [6.07, 6.45) is 0. The zero-order valence-electron chi connectivity index (χ0n) is 21.0. The molecule has 2 amide bonds. The van der Waals surface area contributed by atoms with E-state index in [1.54, 1.807) is 18.2 Å². The molecule has 5 rings (SSSR count). The van der Waals surface area contributed by atoms with E-state index in [4.69, 9.17) is 9.73 Å². The largest absolute Gasteiger partial charge is 0.465 e. The average molecular weight is 497 g/mol. The third-order valence-corrected chi connectivity index (χ3v) is 6.61. The summed E-state index contributed by atoms with van der Waals surface area (Å²) in [6, 6.07) is 20.6. The van der Waals surface area contributed by atoms with Crippen LogP contribution < -0.4 is 5.32 Å². The van der Waals surface area contributed by atoms with Crippen LogP contribution in [0.25, 0.3) is 0 Å². The van der Waals surface area contributed by atoms with Crippen LogP contribution >= 0.6 is 0 Å². The fraction of sp³-hybridized carbons (Fsp3) is 0.241. The molecule has 3 aromatic carbocycles. The summed E-state index contributed by atoms with van der Waals surface area (Å²) >= 11 is 0. The van der Waals surface area contributed by atoms with Crippen molar-refractivity contribution in [2.75, 3.05) is 33.1 Å². The number of anilines is 1. The number of rotatable bonds is 6. The molecule has 0 fully saturated rings. The van der Waals surface area contributed by atoms with Gasteiger partial charge in [-0.05, 0) is 60.6 Å². The molecule has 0 spiro atoms. The van der Waals surface area contributed by atoms with Gasteiger partial charge in [-0.25, -0.2) is 4.79 Å². The van der Waals surface area contributed by atoms with Crippen molar-refractivity contribution in [3.8, 4) is 0 Å². The number of carbonyl (C=O) groups excluding carboxylic acids is 3. The maximum Gasteiger partial charge on any atom is 0.337 e. The Bertz CT molecular complexity index is 1410. The molecule has 0 radical (unpaired) electrons. The number of esters is 1. The number of fused-ring (bicyclic) bond motifs is 2. The summed E-state index contributed by atoms with van der Waals surface area (Å²) in [5, 5.41) is 2.90. The van der Waals surface area contributed by atoms with Crippen LogP contribution in [0.15, 0.2) is 71.7 Å². The first-order valence-corrected chi connectivity index (χ1v) is 12.1. The van der Waals surface area contributed by atoms with Gasteiger partial charge in [0.25, 0.3) is 0 Å². The van der Waals surface area contributed by atoms with Gasteiger partial charge in [-0.15, -0.1) is 0 Å². The average Bonchev–Trinajstić information content (AvgIpc) is 3.46. The fourth-order valence-corrected chi connectivity index (χ4v) is 4.82. The highest BCUT2D eigenvalue weighted by Crippen LogP contribution is 2.37. The highest BCUT2D eigenvalue weighted by atomic mass is 16.5. The number of likely N-dealkylation sites (N-methyl/N-ethyl adjacent to an activating group) is 1. The van der Waals surface area contributed by atoms with E-state index in [1.165, 1.54) is 7.11 Å². The fourth-order valence-electron chi connectivity index (χ4n) is 4.82. The zero-order chi connectivity index (χ0) is 26.1. The van der Waals surface area contributed by atoms with Crippen molar-refractivity contribution in [3.05, 3.63) is 94.5 Å². The maximum absolute atomic E-state index is 13.2. The maximum atomic E-state index is 13.2. The van der Waals surface area contributed by atoms with E-state index < -0.39 is 11.9 Å². The second-order valence-corrected chi connectivity index (χ2v) is 9.52. The molecule has 188 valence electrons. The highest BCUT2D eigenvalue weighted by Gasteiger charge is 2.36. The van der Waals surface area contributed by atoms with Crippen molar-refractivity contribution in [2.24, 2.45) is 4.99 Å². The molecule has 37 heavy (non-hydrogen) atoms. The Morgan fingerprint density at radius 1 is 1.00 bits per heavy atom. The van der Waals surface area contributed by atoms with Gasteiger partial charge in [0, 0.05) is 18.8 Å². The molecule has 8 heteroatoms. The second kappa shape index (κ2) is 9.99. The monoisotopic (exact) mass is 496 g/mol. The predicted octanol–water partition coefficient (Wildman–Crippen LogP) is 3.73. The number of hydrogen-bond donors (Lipinski definition) is 1. The van der Waals surface area contributed by atoms with E-state index in [9.17, 15) is 14.4 Å². The molecule has 0 saturated carbocycles. The Morgan fingerprint density at radius 2 is 1.76 bits per heavy atom. The molecule has 8 nitrogen and oxygen atoms in total. The minimum absolute atomic E-state index is 0.0850. The van der Waals surface area contributed by atoms with Crippen LogP contribution in [-0.2, 0) is 27.4 Å². The molecule has 0 bridgehead atoms. The van der Waals surface area contributed by atoms with Crippen LogP contribution in [0.4, 0.5) is 11.4 Å². The van der Waals surface area contributed by atoms with Crippen LogP contribution in [0.5, 0.6) is 0 Å². The highest BCUT2D eigenvalue weighted by molar-refractivity contribution is 6.24. The van der Waals surface area contributed by atoms with Crippen molar-refractivity contribution in [3.63, 3.8) is 0 Å². The van der Waals surface area contributed by atoms with Crippen LogP contribution in [-0.4, -0.2) is 61.0 Å². The van der Waals surface area contributed by atoms with Gasteiger partial charge >= 0.3 is 5.97 Å². The quantitative estimate of drug-likeness (QED) is 0.415. The molecule has 2 aliphatic heterocycles. The van der Waals surface area contributed by atoms with Crippen molar-refractivity contribution in [1.82, 2.24) is 9.80 Å². The summed E-state index contributed by atoms with van der Waals surface area (Å²) < 4.78 is 4.82. The Hall–Kier alpha value is -4.30. The van der Waals surface area contributed by atoms with E-state index in [1.807, 2.05) is 72.4 Å². The molecule has 2 aliphatic rings. The lowest BCUT2D eigenvalue weighted by Crippen LogP contribution is -2.34. The smallest absolute Gasteiger partial charge is 0.337 e. The van der Waals surface area contributed by atoms with Crippen molar-refractivity contribution < 1.29 is 19.1 Å². The lowest BCUT2D eigenvalue weighted by atomic mass is 9.90. The number of benzene rings is 3. The summed E-state index contributed by atoms with van der Waals surface area (Å²) in [7, 11) is 5.09. The van der Waals surface area contributed by atoms with Crippen LogP contribution in [0, 0.1) is 0 Å². The third-order valence-electron chi connectivity index (χ3n) is 6.61. The first-order chi connectivity index (χ1) is 17.8. The number of aliphatic imine (C=N–C) groups is 1. The number of nitrogens with zero attached hydrogens (tertiary/aromatic N) is 3. The van der Waals surface area contributed by atoms with E-state index in [2.05, 4.69) is 5.32 Å². The number of carbonyl (C=O) groups is 3. The lowest BCUT2D eigenvalue weighted by Gasteiger charge is -2.18. The lowest BCUT2D eigenvalue weighted by molar-refractivity contribution is -0.132. The van der Waals surface area contributed by atoms with Gasteiger partial charge in [-0.3, -0.25) is 14.6 Å². The number of nitrogens with one attached hydrogen (secondary N) is 1. The molecular weight excluding hydrogens is 468 g/mol. The van der Waals surface area contributed by atoms with Crippen LogP contribution in [0.3, 0.4) is 0 Å². The SMILES string of the molecule is COC(=O)c1ccc2c(c1)NC(=O)C2C(=Nc1ccc2c(c1)CN(C(=O)CN(C)C)C2)c1ccccc1. The standard InChI is InChI=1S/C29H28N4O4/c1-32(2)17-25(34)33-15-20-9-11-22(13-21(20)16-33)30-27(18-7-5-4-6-8-18)26-23-12-10-19(29(36)37-3)14-24(23)31-28(26)35/h4-14,26H,15-17H2,1-3H3,(H,31,35). The summed E-state index contributed by atoms with van der Waals surface area (Å²) in [4.78, 5) is 46.5. The first kappa shape index (κ1) is 24.4. The second-order valence-electron chi connectivity index (χ2n) is 9.52. The van der Waals surface area contributed by atoms with Crippen molar-refractivity contribution >= 4 is 34.9 Å². The van der Waals surface area contributed by atoms with Gasteiger partial charge in [-0.2, -0.15) is 0 Å². The number of ether oxygens (including phenoxy) is 1. The molecule has 1 N–H and O–H groups in total. The molecule has 3 aromatic rings. The normalized spacial score (nSPS) is 16.4. The Balaban J connectivity index is 1.51. The first-order valence-electron chi connectivity index (χ1n) is 12.1. The van der Waals surface area contributed by atoms with Gasteiger partial charge in [0.2, 0.25) is 11.8 Å². The van der Waals surface area contributed by atoms with E-state index in [-0.39, 0.29) is 11.8 Å². The van der Waals surface area contributed by atoms with Gasteiger partial charge in [0.15, 0.2) is 0 Å². The minimum Gasteiger partial charge on any atom is -0.465 e. The van der Waals surface area contributed by atoms with Gasteiger partial charge in [0.1, 0.15) is 5.92 Å². The number of methoxy groups -OCH3 is 1. The molecular formula is C29H28N4O4. The molecule has 0 aromatic heterocycles. The molecule has 0 aliphatic carbocycles. The topological polar surface area (TPSA) is 91.3 Å². The number of hydrogen-bond acceptors (Lipinski definition) is 6. The van der Waals surface area contributed by atoms with Crippen molar-refractivity contribution in [2.45, 2.75) is 19.0 Å². The van der Waals surface area contributed by atoms with E-state index in [0.29, 0.717) is 42.3 Å². The van der Waals surface area contributed by atoms with Gasteiger partial charge in [0.05, 0.1) is 30.6 Å². The van der Waals surface area contributed by atoms with Gasteiger partial charge in [-0.1, -0.05) is 42.5 Å². The Morgan fingerprint density at radius 3 is 2.49 bits per heavy atom. The van der Waals surface area contributed by atoms with Crippen molar-refractivity contribution in [1.29, 1.82) is 0 Å². The van der Waals surface area contributed by atoms with E-state index in [0.717, 1.165) is 22.3 Å². The molecule has 1 unspecified atom stereocenters. The molecule has 2 heterocycles. The zero-order valence-corrected chi connectivity index (χ0v) is 21.0. The predicted molar refractivity (Wildman–Crippen MR) is 141 cm³/mol. The Labute approximate surface area is 215 Å². The van der Waals surface area contributed by atoms with E-state index >= 15 is 0 Å². The Kier molecular flexibility index (Phi) is 6.58. The minimum atomic E-state index is -0.643. The summed E-state index contributed by atoms with van der Waals surface area (Å²) in [5.74, 6) is -1.23. The van der Waals surface area contributed by atoms with Crippen LogP contribution in [0.1, 0.15) is 38.5 Å².